The molecular formula is C17H31N3O2Si. The van der Waals surface area contributed by atoms with Crippen LogP contribution in [0.5, 0.6) is 0 Å². The van der Waals surface area contributed by atoms with Crippen LogP contribution in [0.15, 0.2) is 16.8 Å². The van der Waals surface area contributed by atoms with Crippen LogP contribution in [-0.2, 0) is 9.22 Å². The summed E-state index contributed by atoms with van der Waals surface area (Å²) in [5.41, 5.74) is 9.14. The van der Waals surface area contributed by atoms with E-state index in [1.54, 1.807) is 0 Å². The van der Waals surface area contributed by atoms with Crippen molar-refractivity contribution in [3.8, 4) is 0 Å². The van der Waals surface area contributed by atoms with Crippen LogP contribution in [0.2, 0.25) is 18.1 Å². The van der Waals surface area contributed by atoms with Gasteiger partial charge in [0, 0.05) is 24.5 Å². The summed E-state index contributed by atoms with van der Waals surface area (Å²) < 4.78 is 6.38. The minimum absolute atomic E-state index is 0.121. The molecule has 6 heteroatoms. The number of nitrogens with zero attached hydrogens (tertiary/aromatic N) is 3. The van der Waals surface area contributed by atoms with Crippen LogP contribution < -0.4 is 0 Å². The number of ketones is 1. The lowest BCUT2D eigenvalue weighted by atomic mass is 9.73. The first kappa shape index (κ1) is 19.9. The number of azide groups is 1. The molecule has 0 bridgehead atoms. The average Bonchev–Trinajstić information content (AvgIpc) is 2.44. The average molecular weight is 338 g/mol. The predicted molar refractivity (Wildman–Crippen MR) is 96.8 cm³/mol. The van der Waals surface area contributed by atoms with E-state index in [1.165, 1.54) is 5.57 Å². The lowest BCUT2D eigenvalue weighted by molar-refractivity contribution is -0.129. The summed E-state index contributed by atoms with van der Waals surface area (Å²) in [6.07, 6.45) is 4.95. The molecule has 0 aromatic carbocycles. The van der Waals surface area contributed by atoms with Gasteiger partial charge in [-0.3, -0.25) is 4.79 Å². The van der Waals surface area contributed by atoms with Crippen LogP contribution in [0.1, 0.15) is 53.4 Å². The first-order valence-corrected chi connectivity index (χ1v) is 11.3. The van der Waals surface area contributed by atoms with E-state index >= 15 is 0 Å². The quantitative estimate of drug-likeness (QED) is 0.156. The third-order valence-corrected chi connectivity index (χ3v) is 9.74. The zero-order chi connectivity index (χ0) is 17.7. The first-order valence-electron chi connectivity index (χ1n) is 8.40. The lowest BCUT2D eigenvalue weighted by Gasteiger charge is -2.41. The normalized spacial score (nSPS) is 22.5. The van der Waals surface area contributed by atoms with Gasteiger partial charge in [0.1, 0.15) is 5.78 Å². The predicted octanol–water partition coefficient (Wildman–Crippen LogP) is 5.39. The van der Waals surface area contributed by atoms with Gasteiger partial charge >= 0.3 is 0 Å². The molecule has 0 heterocycles. The molecule has 1 aliphatic carbocycles. The van der Waals surface area contributed by atoms with Crippen molar-refractivity contribution in [3.05, 3.63) is 22.1 Å². The molecule has 0 spiro atoms. The number of Topliss-reactive ketones (excluding diaryl/α,β-unsaturated/α-hetero) is 1. The highest BCUT2D eigenvalue weighted by Crippen LogP contribution is 2.41. The molecule has 0 unspecified atom stereocenters. The number of rotatable bonds is 7. The van der Waals surface area contributed by atoms with Gasteiger partial charge in [-0.25, -0.2) is 0 Å². The van der Waals surface area contributed by atoms with Crippen molar-refractivity contribution in [2.75, 3.05) is 13.2 Å². The van der Waals surface area contributed by atoms with Crippen molar-refractivity contribution in [1.29, 1.82) is 0 Å². The van der Waals surface area contributed by atoms with Crippen LogP contribution >= 0.6 is 0 Å². The second kappa shape index (κ2) is 7.64. The lowest BCUT2D eigenvalue weighted by Crippen LogP contribution is -2.46. The minimum atomic E-state index is -1.91. The summed E-state index contributed by atoms with van der Waals surface area (Å²) in [5, 5.41) is 3.72. The Labute approximate surface area is 141 Å². The zero-order valence-electron chi connectivity index (χ0n) is 15.5. The highest BCUT2D eigenvalue weighted by Gasteiger charge is 2.43. The van der Waals surface area contributed by atoms with Crippen LogP contribution in [-0.4, -0.2) is 27.3 Å². The molecule has 130 valence electrons. The van der Waals surface area contributed by atoms with Gasteiger partial charge in [-0.05, 0) is 49.8 Å². The van der Waals surface area contributed by atoms with E-state index in [0.29, 0.717) is 32.4 Å². The molecule has 0 radical (unpaired) electrons. The Kier molecular flexibility index (Phi) is 6.63. The van der Waals surface area contributed by atoms with E-state index in [1.807, 2.05) is 0 Å². The molecule has 0 amide bonds. The van der Waals surface area contributed by atoms with Crippen LogP contribution in [0, 0.1) is 5.41 Å². The van der Waals surface area contributed by atoms with Crippen molar-refractivity contribution in [2.24, 2.45) is 10.5 Å². The number of hydrogen-bond donors (Lipinski definition) is 0. The molecule has 0 aromatic heterocycles. The topological polar surface area (TPSA) is 75.1 Å². The first-order chi connectivity index (χ1) is 10.5. The van der Waals surface area contributed by atoms with Gasteiger partial charge in [-0.1, -0.05) is 37.5 Å². The van der Waals surface area contributed by atoms with Crippen LogP contribution in [0.4, 0.5) is 0 Å². The largest absolute Gasteiger partial charge is 0.415 e. The second-order valence-electron chi connectivity index (χ2n) is 8.18. The second-order valence-corrected chi connectivity index (χ2v) is 13.0. The van der Waals surface area contributed by atoms with Crippen LogP contribution in [0.25, 0.3) is 10.4 Å². The van der Waals surface area contributed by atoms with Crippen LogP contribution in [0.3, 0.4) is 0 Å². The standard InChI is InChI=1S/C17H31N3O2Si/c1-14-8-9-15(21)17(12-14,10-7-11-19-20-18)13-22-23(5,6)16(2,3)4/h12H,7-11,13H2,1-6H3/t17-/m0/s1. The van der Waals surface area contributed by atoms with E-state index < -0.39 is 13.7 Å². The third kappa shape index (κ3) is 5.20. The molecule has 5 nitrogen and oxygen atoms in total. The molecule has 0 saturated carbocycles. The summed E-state index contributed by atoms with van der Waals surface area (Å²) in [6.45, 7) is 14.0. The van der Waals surface area contributed by atoms with Crippen molar-refractivity contribution in [1.82, 2.24) is 0 Å². The Balaban J connectivity index is 2.94. The number of carbonyl (C=O) groups excluding carboxylic acids is 1. The Bertz CT molecular complexity index is 516. The molecule has 0 saturated heterocycles. The third-order valence-electron chi connectivity index (χ3n) is 5.27. The molecule has 23 heavy (non-hydrogen) atoms. The molecule has 0 aliphatic heterocycles. The Hall–Kier alpha value is -1.10. The monoisotopic (exact) mass is 337 g/mol. The SMILES string of the molecule is CC1=C[C@@](CCCN=[N+]=[N-])(CO[Si](C)(C)C(C)(C)C)C(=O)CC1. The van der Waals surface area contributed by atoms with Gasteiger partial charge in [-0.2, -0.15) is 0 Å². The Morgan fingerprint density at radius 1 is 1.39 bits per heavy atom. The van der Waals surface area contributed by atoms with E-state index in [0.717, 1.165) is 6.42 Å². The fourth-order valence-corrected chi connectivity index (χ4v) is 3.68. The van der Waals surface area contributed by atoms with Gasteiger partial charge in [0.15, 0.2) is 8.32 Å². The fraction of sp³-hybridized carbons (Fsp3) is 0.824. The maximum Gasteiger partial charge on any atom is 0.192 e. The molecule has 1 aliphatic rings. The summed E-state index contributed by atoms with van der Waals surface area (Å²) >= 11 is 0. The maximum atomic E-state index is 12.7. The van der Waals surface area contributed by atoms with Crippen molar-refractivity contribution in [2.45, 2.75) is 71.5 Å². The molecule has 0 aromatic rings. The van der Waals surface area contributed by atoms with E-state index in [-0.39, 0.29) is 10.8 Å². The summed E-state index contributed by atoms with van der Waals surface area (Å²) in [7, 11) is -1.91. The fourth-order valence-electron chi connectivity index (χ4n) is 2.63. The van der Waals surface area contributed by atoms with Gasteiger partial charge in [0.25, 0.3) is 0 Å². The summed E-state index contributed by atoms with van der Waals surface area (Å²) in [4.78, 5) is 15.5. The molecule has 1 atom stereocenters. The highest BCUT2D eigenvalue weighted by atomic mass is 28.4. The van der Waals surface area contributed by atoms with E-state index in [4.69, 9.17) is 9.96 Å². The maximum absolute atomic E-state index is 12.7. The van der Waals surface area contributed by atoms with Crippen molar-refractivity contribution in [3.63, 3.8) is 0 Å². The number of allylic oxidation sites excluding steroid dienone is 1. The Morgan fingerprint density at radius 3 is 2.61 bits per heavy atom. The highest BCUT2D eigenvalue weighted by molar-refractivity contribution is 6.74. The Morgan fingerprint density at radius 2 is 2.04 bits per heavy atom. The number of carbonyl (C=O) groups is 1. The summed E-state index contributed by atoms with van der Waals surface area (Å²) in [5.74, 6) is 0.266. The van der Waals surface area contributed by atoms with Gasteiger partial charge in [0.2, 0.25) is 0 Å². The smallest absolute Gasteiger partial charge is 0.192 e. The van der Waals surface area contributed by atoms with Gasteiger partial charge < -0.3 is 4.43 Å². The molecule has 0 fully saturated rings. The van der Waals surface area contributed by atoms with Gasteiger partial charge in [0.05, 0.1) is 5.41 Å². The summed E-state index contributed by atoms with van der Waals surface area (Å²) in [6, 6.07) is 0. The number of hydrogen-bond acceptors (Lipinski definition) is 3. The molecule has 1 rings (SSSR count). The molecular weight excluding hydrogens is 306 g/mol. The zero-order valence-corrected chi connectivity index (χ0v) is 16.5. The molecule has 0 N–H and O–H groups in total. The van der Waals surface area contributed by atoms with Crippen molar-refractivity contribution < 1.29 is 9.22 Å². The van der Waals surface area contributed by atoms with Crippen molar-refractivity contribution >= 4 is 14.1 Å². The minimum Gasteiger partial charge on any atom is -0.415 e. The van der Waals surface area contributed by atoms with E-state index in [2.05, 4.69) is 56.9 Å². The van der Waals surface area contributed by atoms with E-state index in [9.17, 15) is 4.79 Å². The van der Waals surface area contributed by atoms with Gasteiger partial charge in [-0.15, -0.1) is 0 Å².